The third-order valence-corrected chi connectivity index (χ3v) is 7.31. The Kier molecular flexibility index (Phi) is 4.28. The smallest absolute Gasteiger partial charge is 0.293 e. The molecular weight excluding hydrogens is 402 g/mol. The minimum Gasteiger partial charge on any atom is -0.293 e. The van der Waals surface area contributed by atoms with Crippen LogP contribution in [0.5, 0.6) is 0 Å². The highest BCUT2D eigenvalue weighted by atomic mass is 16.2. The van der Waals surface area contributed by atoms with E-state index in [1.165, 1.54) is 17.2 Å². The number of hydrogen-bond acceptors (Lipinski definition) is 4. The predicted molar refractivity (Wildman–Crippen MR) is 125 cm³/mol. The number of ketones is 1. The number of nitrogens with zero attached hydrogens (tertiary/aromatic N) is 3. The lowest BCUT2D eigenvalue weighted by Gasteiger charge is -2.32. The van der Waals surface area contributed by atoms with Crippen LogP contribution in [0.25, 0.3) is 0 Å². The van der Waals surface area contributed by atoms with E-state index in [4.69, 9.17) is 4.99 Å². The van der Waals surface area contributed by atoms with Gasteiger partial charge in [0.25, 0.3) is 5.56 Å². The number of aromatic nitrogens is 2. The SMILES string of the molecule is Cc1cc(C)c([C@@H]2c3c(n(C)c(=O)n(C)c3=O)N=C3c4ccccc4C(=O)[C@H]32)c(C)c1C. The maximum atomic E-state index is 13.7. The second kappa shape index (κ2) is 6.73. The zero-order chi connectivity index (χ0) is 23.1. The second-order valence-electron chi connectivity index (χ2n) is 8.98. The molecule has 0 radical (unpaired) electrons. The van der Waals surface area contributed by atoms with Crippen LogP contribution >= 0.6 is 0 Å². The van der Waals surface area contributed by atoms with Crippen molar-refractivity contribution in [3.05, 3.63) is 95.7 Å². The first-order chi connectivity index (χ1) is 15.1. The molecule has 5 rings (SSSR count). The molecule has 0 bridgehead atoms. The number of carbonyl (C=O) groups is 1. The van der Waals surface area contributed by atoms with Gasteiger partial charge in [-0.2, -0.15) is 0 Å². The number of benzene rings is 2. The average molecular weight is 428 g/mol. The summed E-state index contributed by atoms with van der Waals surface area (Å²) in [6.45, 7) is 8.21. The maximum Gasteiger partial charge on any atom is 0.332 e. The average Bonchev–Trinajstić information content (AvgIpc) is 3.06. The summed E-state index contributed by atoms with van der Waals surface area (Å²) < 4.78 is 2.54. The van der Waals surface area contributed by atoms with Crippen molar-refractivity contribution in [2.24, 2.45) is 25.0 Å². The molecule has 6 heteroatoms. The minimum atomic E-state index is -0.593. The van der Waals surface area contributed by atoms with Crippen molar-refractivity contribution in [3.63, 3.8) is 0 Å². The predicted octanol–water partition coefficient (Wildman–Crippen LogP) is 3.40. The van der Waals surface area contributed by atoms with E-state index in [9.17, 15) is 14.4 Å². The van der Waals surface area contributed by atoms with Gasteiger partial charge in [-0.05, 0) is 55.5 Å². The summed E-state index contributed by atoms with van der Waals surface area (Å²) in [6, 6.07) is 9.56. The first-order valence-electron chi connectivity index (χ1n) is 10.7. The van der Waals surface area contributed by atoms with Gasteiger partial charge in [-0.15, -0.1) is 0 Å². The van der Waals surface area contributed by atoms with Gasteiger partial charge >= 0.3 is 5.69 Å². The van der Waals surface area contributed by atoms with Gasteiger partial charge in [0.1, 0.15) is 5.82 Å². The molecule has 2 atom stereocenters. The van der Waals surface area contributed by atoms with Gasteiger partial charge in [-0.25, -0.2) is 9.79 Å². The fourth-order valence-corrected chi connectivity index (χ4v) is 5.46. The highest BCUT2D eigenvalue weighted by Gasteiger charge is 2.48. The summed E-state index contributed by atoms with van der Waals surface area (Å²) in [5.74, 6) is -0.786. The molecule has 0 amide bonds. The Morgan fingerprint density at radius 2 is 1.44 bits per heavy atom. The molecule has 0 unspecified atom stereocenters. The van der Waals surface area contributed by atoms with Crippen molar-refractivity contribution in [2.75, 3.05) is 0 Å². The minimum absolute atomic E-state index is 0.0251. The Bertz CT molecular complexity index is 1500. The third-order valence-electron chi connectivity index (χ3n) is 7.31. The van der Waals surface area contributed by atoms with E-state index in [0.717, 1.165) is 32.4 Å². The largest absolute Gasteiger partial charge is 0.332 e. The van der Waals surface area contributed by atoms with Crippen LogP contribution in [0.15, 0.2) is 44.9 Å². The lowest BCUT2D eigenvalue weighted by Crippen LogP contribution is -2.43. The second-order valence-corrected chi connectivity index (χ2v) is 8.98. The summed E-state index contributed by atoms with van der Waals surface area (Å²) in [6.07, 6.45) is 0. The molecule has 2 aliphatic rings. The summed E-state index contributed by atoms with van der Waals surface area (Å²) in [5, 5.41) is 0. The van der Waals surface area contributed by atoms with E-state index in [2.05, 4.69) is 26.8 Å². The Hall–Kier alpha value is -3.54. The van der Waals surface area contributed by atoms with Gasteiger partial charge in [0.15, 0.2) is 5.78 Å². The van der Waals surface area contributed by atoms with Gasteiger partial charge in [-0.1, -0.05) is 30.3 Å². The van der Waals surface area contributed by atoms with Crippen LogP contribution in [0.4, 0.5) is 5.82 Å². The normalized spacial score (nSPS) is 18.8. The van der Waals surface area contributed by atoms with E-state index in [1.54, 1.807) is 7.05 Å². The summed E-state index contributed by atoms with van der Waals surface area (Å²) in [7, 11) is 3.11. The van der Waals surface area contributed by atoms with Crippen molar-refractivity contribution in [1.82, 2.24) is 9.13 Å². The first kappa shape index (κ1) is 20.4. The molecule has 1 aromatic heterocycles. The molecule has 1 aliphatic carbocycles. The number of carbonyl (C=O) groups excluding carboxylic acids is 1. The molecule has 0 N–H and O–H groups in total. The topological polar surface area (TPSA) is 73.4 Å². The molecule has 0 saturated carbocycles. The standard InChI is InChI=1S/C26H25N3O3/c1-12-11-13(2)18(15(4)14(12)3)19-20-22(16-9-7-8-10-17(16)23(20)30)27-24-21(19)25(31)29(6)26(32)28(24)5/h7-11,19-20H,1-6H3/t19-,20-/m0/s1. The quantitative estimate of drug-likeness (QED) is 0.598. The van der Waals surface area contributed by atoms with Crippen LogP contribution in [-0.4, -0.2) is 20.6 Å². The summed E-state index contributed by atoms with van der Waals surface area (Å²) in [4.78, 5) is 44.7. The van der Waals surface area contributed by atoms with E-state index < -0.39 is 23.1 Å². The molecule has 2 aromatic carbocycles. The van der Waals surface area contributed by atoms with Crippen molar-refractivity contribution in [1.29, 1.82) is 0 Å². The highest BCUT2D eigenvalue weighted by Crippen LogP contribution is 2.48. The maximum absolute atomic E-state index is 13.7. The van der Waals surface area contributed by atoms with Gasteiger partial charge < -0.3 is 0 Å². The zero-order valence-electron chi connectivity index (χ0n) is 19.1. The van der Waals surface area contributed by atoms with Crippen LogP contribution in [0.1, 0.15) is 55.2 Å². The third kappa shape index (κ3) is 2.46. The molecule has 2 heterocycles. The Morgan fingerprint density at radius 1 is 0.781 bits per heavy atom. The molecule has 162 valence electrons. The monoisotopic (exact) mass is 427 g/mol. The fourth-order valence-electron chi connectivity index (χ4n) is 5.46. The van der Waals surface area contributed by atoms with Gasteiger partial charge in [0.05, 0.1) is 17.2 Å². The molecular formula is C26H25N3O3. The Morgan fingerprint density at radius 3 is 2.12 bits per heavy atom. The van der Waals surface area contributed by atoms with Crippen LogP contribution in [0, 0.1) is 33.6 Å². The van der Waals surface area contributed by atoms with Gasteiger partial charge in [0.2, 0.25) is 0 Å². The molecule has 32 heavy (non-hydrogen) atoms. The fraction of sp³-hybridized carbons (Fsp3) is 0.308. The molecule has 0 fully saturated rings. The van der Waals surface area contributed by atoms with Gasteiger partial charge in [0, 0.05) is 31.1 Å². The van der Waals surface area contributed by atoms with E-state index in [0.29, 0.717) is 22.7 Å². The number of fused-ring (bicyclic) bond motifs is 4. The van der Waals surface area contributed by atoms with Gasteiger partial charge in [-0.3, -0.25) is 18.7 Å². The number of aryl methyl sites for hydroxylation is 2. The highest BCUT2D eigenvalue weighted by molar-refractivity contribution is 6.30. The number of Topliss-reactive ketones (excluding diaryl/α,β-unsaturated/α-hetero) is 1. The molecule has 0 spiro atoms. The molecule has 1 aliphatic heterocycles. The van der Waals surface area contributed by atoms with Crippen molar-refractivity contribution >= 4 is 17.3 Å². The van der Waals surface area contributed by atoms with E-state index >= 15 is 0 Å². The van der Waals surface area contributed by atoms with E-state index in [-0.39, 0.29) is 5.78 Å². The molecule has 3 aromatic rings. The first-order valence-corrected chi connectivity index (χ1v) is 10.7. The number of aliphatic imine (C=N–C) groups is 1. The Balaban J connectivity index is 1.96. The van der Waals surface area contributed by atoms with Crippen molar-refractivity contribution in [3.8, 4) is 0 Å². The lowest BCUT2D eigenvalue weighted by molar-refractivity contribution is 0.0953. The number of rotatable bonds is 1. The van der Waals surface area contributed by atoms with E-state index in [1.807, 2.05) is 31.2 Å². The van der Waals surface area contributed by atoms with Crippen LogP contribution in [-0.2, 0) is 14.1 Å². The number of hydrogen-bond donors (Lipinski definition) is 0. The van der Waals surface area contributed by atoms with Crippen molar-refractivity contribution < 1.29 is 4.79 Å². The summed E-state index contributed by atoms with van der Waals surface area (Å²) >= 11 is 0. The van der Waals surface area contributed by atoms with Crippen LogP contribution < -0.4 is 11.2 Å². The van der Waals surface area contributed by atoms with Crippen molar-refractivity contribution in [2.45, 2.75) is 33.6 Å². The zero-order valence-corrected chi connectivity index (χ0v) is 19.1. The lowest BCUT2D eigenvalue weighted by atomic mass is 9.73. The van der Waals surface area contributed by atoms with Crippen LogP contribution in [0.3, 0.4) is 0 Å². The van der Waals surface area contributed by atoms with Crippen LogP contribution in [0.2, 0.25) is 0 Å². The Labute approximate surface area is 185 Å². The molecule has 0 saturated heterocycles. The summed E-state index contributed by atoms with van der Waals surface area (Å²) in [5.41, 5.74) is 7.02. The molecule has 6 nitrogen and oxygen atoms in total.